The number of allylic oxidation sites excluding steroid dienone is 4. The molecule has 1 saturated carbocycles. The summed E-state index contributed by atoms with van der Waals surface area (Å²) in [6.07, 6.45) is -3.12. The maximum Gasteiger partial charge on any atom is 0.338 e. The van der Waals surface area contributed by atoms with Crippen molar-refractivity contribution in [2.45, 2.75) is 77.2 Å². The predicted molar refractivity (Wildman–Crippen MR) is 123 cm³/mol. The highest BCUT2D eigenvalue weighted by atomic mass is 16.6. The van der Waals surface area contributed by atoms with E-state index < -0.39 is 42.6 Å². The van der Waals surface area contributed by atoms with Crippen molar-refractivity contribution >= 4 is 5.97 Å². The highest BCUT2D eigenvalue weighted by Gasteiger charge is 2.52. The Bertz CT molecular complexity index is 823. The Morgan fingerprint density at radius 1 is 0.818 bits per heavy atom. The first-order valence-electron chi connectivity index (χ1n) is 10.9. The molecule has 1 fully saturated rings. The Morgan fingerprint density at radius 2 is 1.21 bits per heavy atom. The van der Waals surface area contributed by atoms with Gasteiger partial charge in [-0.25, -0.2) is 4.79 Å². The molecule has 4 N–H and O–H groups in total. The van der Waals surface area contributed by atoms with Crippen LogP contribution in [0.3, 0.4) is 0 Å². The van der Waals surface area contributed by atoms with E-state index in [9.17, 15) is 25.2 Å². The minimum Gasteiger partial charge on any atom is -0.507 e. The van der Waals surface area contributed by atoms with Gasteiger partial charge in [-0.2, -0.15) is 0 Å². The molecule has 2 rings (SSSR count). The van der Waals surface area contributed by atoms with Crippen molar-refractivity contribution in [3.8, 4) is 5.75 Å². The Kier molecular flexibility index (Phi) is 9.63. The summed E-state index contributed by atoms with van der Waals surface area (Å²) >= 11 is 0. The number of carbonyl (C=O) groups is 1. The van der Waals surface area contributed by atoms with E-state index in [1.807, 2.05) is 39.8 Å². The zero-order valence-corrected chi connectivity index (χ0v) is 20.1. The van der Waals surface area contributed by atoms with Crippen LogP contribution in [0.2, 0.25) is 0 Å². The van der Waals surface area contributed by atoms with Gasteiger partial charge in [0.25, 0.3) is 0 Å². The number of hydrogen-bond acceptors (Lipinski definition) is 8. The molecule has 0 aromatic heterocycles. The third-order valence-electron chi connectivity index (χ3n) is 5.77. The summed E-state index contributed by atoms with van der Waals surface area (Å²) in [4.78, 5) is 13.1. The molecule has 0 radical (unpaired) electrons. The van der Waals surface area contributed by atoms with Gasteiger partial charge in [0.05, 0.1) is 5.56 Å². The first-order valence-corrected chi connectivity index (χ1v) is 10.9. The summed E-state index contributed by atoms with van der Waals surface area (Å²) in [5.41, 5.74) is 3.43. The summed E-state index contributed by atoms with van der Waals surface area (Å²) in [6, 6.07) is 3.09. The Morgan fingerprint density at radius 3 is 1.58 bits per heavy atom. The van der Waals surface area contributed by atoms with Crippen LogP contribution in [0.15, 0.2) is 35.4 Å². The lowest BCUT2D eigenvalue weighted by molar-refractivity contribution is -0.235. The van der Waals surface area contributed by atoms with Crippen LogP contribution in [0, 0.1) is 0 Å². The third kappa shape index (κ3) is 6.43. The standard InChI is InChI=1S/C25H36O8/c1-13(2)7-9-15-11-17(12-16(18(15)26)10-8-14(3)4)25(30)33-24-20(28)22(31-5)19(27)23(32-6)21(24)29/h7-8,11-12,19-24,26-29H,9-10H2,1-6H3. The number of phenols is 1. The number of aliphatic hydroxyl groups excluding tert-OH is 3. The molecule has 0 heterocycles. The molecular weight excluding hydrogens is 428 g/mol. The van der Waals surface area contributed by atoms with Gasteiger partial charge in [0.1, 0.15) is 36.3 Å². The fourth-order valence-corrected chi connectivity index (χ4v) is 3.87. The summed E-state index contributed by atoms with van der Waals surface area (Å²) in [7, 11) is 2.59. The van der Waals surface area contributed by atoms with Crippen LogP contribution in [0.1, 0.15) is 49.2 Å². The summed E-state index contributed by atoms with van der Waals surface area (Å²) < 4.78 is 15.8. The minimum absolute atomic E-state index is 0.112. The van der Waals surface area contributed by atoms with E-state index in [-0.39, 0.29) is 11.3 Å². The lowest BCUT2D eigenvalue weighted by Gasteiger charge is -2.43. The highest BCUT2D eigenvalue weighted by molar-refractivity contribution is 5.90. The number of hydrogen-bond donors (Lipinski definition) is 4. The summed E-state index contributed by atoms with van der Waals surface area (Å²) in [6.45, 7) is 7.77. The lowest BCUT2D eigenvalue weighted by Crippen LogP contribution is -2.65. The smallest absolute Gasteiger partial charge is 0.338 e. The van der Waals surface area contributed by atoms with Gasteiger partial charge in [-0.1, -0.05) is 23.3 Å². The fraction of sp³-hybridized carbons (Fsp3) is 0.560. The average Bonchev–Trinajstić information content (AvgIpc) is 2.75. The highest BCUT2D eigenvalue weighted by Crippen LogP contribution is 2.30. The molecule has 1 aliphatic rings. The zero-order chi connectivity index (χ0) is 24.9. The lowest BCUT2D eigenvalue weighted by atomic mass is 9.84. The van der Waals surface area contributed by atoms with Crippen LogP contribution in [0.5, 0.6) is 5.75 Å². The molecule has 4 atom stereocenters. The second-order valence-electron chi connectivity index (χ2n) is 8.86. The number of rotatable bonds is 8. The van der Waals surface area contributed by atoms with E-state index in [1.54, 1.807) is 12.1 Å². The average molecular weight is 465 g/mol. The van der Waals surface area contributed by atoms with Crippen LogP contribution >= 0.6 is 0 Å². The van der Waals surface area contributed by atoms with Crippen LogP contribution in [0.25, 0.3) is 0 Å². The topological polar surface area (TPSA) is 126 Å². The molecule has 184 valence electrons. The minimum atomic E-state index is -1.47. The van der Waals surface area contributed by atoms with Crippen molar-refractivity contribution in [3.63, 3.8) is 0 Å². The fourth-order valence-electron chi connectivity index (χ4n) is 3.87. The van der Waals surface area contributed by atoms with E-state index in [0.29, 0.717) is 24.0 Å². The normalized spacial score (nSPS) is 27.1. The number of esters is 1. The first-order chi connectivity index (χ1) is 15.5. The van der Waals surface area contributed by atoms with Gasteiger partial charge < -0.3 is 34.6 Å². The monoisotopic (exact) mass is 464 g/mol. The van der Waals surface area contributed by atoms with Crippen molar-refractivity contribution in [1.82, 2.24) is 0 Å². The predicted octanol–water partition coefficient (Wildman–Crippen LogP) is 2.06. The van der Waals surface area contributed by atoms with Crippen molar-refractivity contribution in [2.24, 2.45) is 0 Å². The molecule has 4 unspecified atom stereocenters. The molecule has 33 heavy (non-hydrogen) atoms. The summed E-state index contributed by atoms with van der Waals surface area (Å²) in [5, 5.41) is 42.2. The first kappa shape index (κ1) is 27.0. The maximum absolute atomic E-state index is 13.1. The number of aliphatic hydroxyl groups is 3. The van der Waals surface area contributed by atoms with Crippen molar-refractivity contribution in [3.05, 3.63) is 52.1 Å². The molecule has 1 aromatic carbocycles. The van der Waals surface area contributed by atoms with Crippen LogP contribution in [-0.4, -0.2) is 77.2 Å². The van der Waals surface area contributed by atoms with Gasteiger partial charge >= 0.3 is 5.97 Å². The van der Waals surface area contributed by atoms with Crippen molar-refractivity contribution in [2.75, 3.05) is 14.2 Å². The third-order valence-corrected chi connectivity index (χ3v) is 5.77. The maximum atomic E-state index is 13.1. The molecule has 0 saturated heterocycles. The van der Waals surface area contributed by atoms with Gasteiger partial charge in [0.15, 0.2) is 6.10 Å². The van der Waals surface area contributed by atoms with E-state index in [0.717, 1.165) is 11.1 Å². The Balaban J connectivity index is 2.40. The number of phenolic OH excluding ortho intramolecular Hbond substituents is 1. The molecule has 0 amide bonds. The van der Waals surface area contributed by atoms with Crippen molar-refractivity contribution in [1.29, 1.82) is 0 Å². The van der Waals surface area contributed by atoms with E-state index in [2.05, 4.69) is 0 Å². The number of ether oxygens (including phenoxy) is 3. The Labute approximate surface area is 195 Å². The second-order valence-corrected chi connectivity index (χ2v) is 8.86. The SMILES string of the molecule is COC1C(O)C(OC)C(O)C(OC(=O)c2cc(CC=C(C)C)c(O)c(CC=C(C)C)c2)C1O. The molecule has 8 nitrogen and oxygen atoms in total. The number of carbonyl (C=O) groups excluding carboxylic acids is 1. The van der Waals surface area contributed by atoms with Crippen LogP contribution in [0.4, 0.5) is 0 Å². The zero-order valence-electron chi connectivity index (χ0n) is 20.1. The van der Waals surface area contributed by atoms with Crippen LogP contribution in [-0.2, 0) is 27.1 Å². The van der Waals surface area contributed by atoms with Gasteiger partial charge in [-0.3, -0.25) is 0 Å². The van der Waals surface area contributed by atoms with Gasteiger partial charge in [0.2, 0.25) is 0 Å². The van der Waals surface area contributed by atoms with Gasteiger partial charge in [0, 0.05) is 14.2 Å². The Hall–Kier alpha value is -2.23. The van der Waals surface area contributed by atoms with Crippen molar-refractivity contribution < 1.29 is 39.4 Å². The second kappa shape index (κ2) is 11.8. The molecular formula is C25H36O8. The van der Waals surface area contributed by atoms with Crippen LogP contribution < -0.4 is 0 Å². The number of benzene rings is 1. The molecule has 1 aliphatic carbocycles. The molecule has 1 aromatic rings. The molecule has 0 bridgehead atoms. The number of methoxy groups -OCH3 is 2. The van der Waals surface area contributed by atoms with Gasteiger partial charge in [-0.15, -0.1) is 0 Å². The largest absolute Gasteiger partial charge is 0.507 e. The van der Waals surface area contributed by atoms with E-state index in [1.165, 1.54) is 14.2 Å². The summed E-state index contributed by atoms with van der Waals surface area (Å²) in [5.74, 6) is -0.669. The van der Waals surface area contributed by atoms with E-state index >= 15 is 0 Å². The quantitative estimate of drug-likeness (QED) is 0.340. The molecule has 8 heteroatoms. The molecule has 0 aliphatic heterocycles. The number of aromatic hydroxyl groups is 1. The molecule has 0 spiro atoms. The van der Waals surface area contributed by atoms with Gasteiger partial charge in [-0.05, 0) is 63.8 Å². The van der Waals surface area contributed by atoms with E-state index in [4.69, 9.17) is 14.2 Å².